The first-order valence-corrected chi connectivity index (χ1v) is 9.44. The van der Waals surface area contributed by atoms with Crippen molar-refractivity contribution in [2.75, 3.05) is 34.3 Å². The van der Waals surface area contributed by atoms with Crippen LogP contribution in [0.4, 0.5) is 0 Å². The van der Waals surface area contributed by atoms with Crippen LogP contribution < -0.4 is 0 Å². The Morgan fingerprint density at radius 2 is 1.04 bits per heavy atom. The smallest absolute Gasteiger partial charge is 0.115 e. The number of aromatic hydroxyl groups is 2. The number of rotatable bonds is 6. The first-order chi connectivity index (χ1) is 12.7. The van der Waals surface area contributed by atoms with E-state index in [0.717, 1.165) is 35.0 Å². The van der Waals surface area contributed by atoms with Gasteiger partial charge < -0.3 is 19.8 Å². The van der Waals surface area contributed by atoms with Gasteiger partial charge in [-0.2, -0.15) is 0 Å². The molecule has 2 aromatic rings. The maximum absolute atomic E-state index is 9.41. The zero-order valence-electron chi connectivity index (χ0n) is 17.2. The summed E-state index contributed by atoms with van der Waals surface area (Å²) in [7, 11) is 6.16. The number of hydrogen-bond acceptors (Lipinski definition) is 3. The average Bonchev–Trinajstić information content (AvgIpc) is 2.61. The van der Waals surface area contributed by atoms with Crippen LogP contribution in [0.2, 0.25) is 0 Å². The second kappa shape index (κ2) is 10.8. The molecular weight excluding hydrogens is 338 g/mol. The van der Waals surface area contributed by atoms with Crippen LogP contribution in [0.1, 0.15) is 37.8 Å². The van der Waals surface area contributed by atoms with Gasteiger partial charge in [0.25, 0.3) is 0 Å². The van der Waals surface area contributed by atoms with Crippen LogP contribution in [0, 0.1) is 0 Å². The fourth-order valence-corrected chi connectivity index (χ4v) is 2.81. The Morgan fingerprint density at radius 3 is 1.22 bits per heavy atom. The molecule has 0 saturated heterocycles. The molecule has 0 aliphatic carbocycles. The SMILES string of the molecule is CC/C(=C(/CC)c1ccc(O)cc1)c1ccc(O)cc1.C[N+](C)(C)CCO. The lowest BCUT2D eigenvalue weighted by Gasteiger charge is -2.21. The van der Waals surface area contributed by atoms with Crippen LogP contribution in [0.5, 0.6) is 11.5 Å². The van der Waals surface area contributed by atoms with Gasteiger partial charge in [0.05, 0.1) is 27.7 Å². The molecule has 0 bridgehead atoms. The van der Waals surface area contributed by atoms with Crippen LogP contribution in [0.25, 0.3) is 11.1 Å². The summed E-state index contributed by atoms with van der Waals surface area (Å²) in [5.41, 5.74) is 4.82. The van der Waals surface area contributed by atoms with Crippen LogP contribution in [-0.2, 0) is 0 Å². The molecule has 2 aromatic carbocycles. The lowest BCUT2D eigenvalue weighted by molar-refractivity contribution is -0.870. The largest absolute Gasteiger partial charge is 0.508 e. The third-order valence-corrected chi connectivity index (χ3v) is 4.27. The van der Waals surface area contributed by atoms with E-state index in [4.69, 9.17) is 5.11 Å². The van der Waals surface area contributed by atoms with Crippen LogP contribution in [-0.4, -0.2) is 54.1 Å². The molecule has 148 valence electrons. The number of benzene rings is 2. The van der Waals surface area contributed by atoms with Crippen molar-refractivity contribution in [2.45, 2.75) is 26.7 Å². The normalized spacial score (nSPS) is 12.1. The van der Waals surface area contributed by atoms with E-state index in [1.807, 2.05) is 24.3 Å². The van der Waals surface area contributed by atoms with Gasteiger partial charge in [-0.15, -0.1) is 0 Å². The number of allylic oxidation sites excluding steroid dienone is 2. The van der Waals surface area contributed by atoms with Gasteiger partial charge in [-0.05, 0) is 59.4 Å². The number of quaternary nitrogens is 1. The molecule has 4 nitrogen and oxygen atoms in total. The van der Waals surface area contributed by atoms with E-state index in [9.17, 15) is 10.2 Å². The van der Waals surface area contributed by atoms with Gasteiger partial charge in [-0.1, -0.05) is 38.1 Å². The molecule has 0 aromatic heterocycles. The molecule has 4 heteroatoms. The minimum Gasteiger partial charge on any atom is -0.508 e. The number of phenolic OH excluding ortho intramolecular Hbond substituents is 2. The number of nitrogens with zero attached hydrogens (tertiary/aromatic N) is 1. The van der Waals surface area contributed by atoms with Crippen molar-refractivity contribution in [3.63, 3.8) is 0 Å². The van der Waals surface area contributed by atoms with E-state index in [1.165, 1.54) is 11.1 Å². The summed E-state index contributed by atoms with van der Waals surface area (Å²) in [6, 6.07) is 14.7. The van der Waals surface area contributed by atoms with Crippen molar-refractivity contribution >= 4 is 11.1 Å². The van der Waals surface area contributed by atoms with Crippen LogP contribution >= 0.6 is 0 Å². The standard InChI is InChI=1S/C18H20O2.C5H14NO/c1-3-17(13-5-9-15(19)10-6-13)18(4-2)14-7-11-16(20)12-8-14;1-6(2,3)4-5-7/h5-12,19-20H,3-4H2,1-2H3;7H,4-5H2,1-3H3/q;+1/b18-17+;. The van der Waals surface area contributed by atoms with Crippen molar-refractivity contribution < 1.29 is 19.8 Å². The van der Waals surface area contributed by atoms with Crippen molar-refractivity contribution in [3.05, 3.63) is 59.7 Å². The average molecular weight is 373 g/mol. The van der Waals surface area contributed by atoms with E-state index in [-0.39, 0.29) is 18.1 Å². The molecule has 0 atom stereocenters. The van der Waals surface area contributed by atoms with Crippen LogP contribution in [0.15, 0.2) is 48.5 Å². The fourth-order valence-electron chi connectivity index (χ4n) is 2.81. The minimum absolute atomic E-state index is 0.281. The molecule has 0 amide bonds. The first kappa shape index (κ1) is 22.7. The second-order valence-corrected chi connectivity index (χ2v) is 7.50. The van der Waals surface area contributed by atoms with E-state index >= 15 is 0 Å². The van der Waals surface area contributed by atoms with Gasteiger partial charge in [-0.25, -0.2) is 0 Å². The molecule has 27 heavy (non-hydrogen) atoms. The molecule has 0 aliphatic rings. The molecular formula is C23H34NO3+. The summed E-state index contributed by atoms with van der Waals surface area (Å²) in [4.78, 5) is 0. The van der Waals surface area contributed by atoms with Crippen molar-refractivity contribution in [1.82, 2.24) is 0 Å². The Bertz CT molecular complexity index is 655. The highest BCUT2D eigenvalue weighted by Gasteiger charge is 2.09. The number of hydrogen-bond donors (Lipinski definition) is 3. The number of aliphatic hydroxyl groups excluding tert-OH is 1. The maximum Gasteiger partial charge on any atom is 0.115 e. The first-order valence-electron chi connectivity index (χ1n) is 9.44. The summed E-state index contributed by atoms with van der Waals surface area (Å²) in [6.45, 7) is 5.39. The predicted octanol–water partition coefficient (Wildman–Crippen LogP) is 4.51. The zero-order valence-corrected chi connectivity index (χ0v) is 17.2. The van der Waals surface area contributed by atoms with Gasteiger partial charge in [-0.3, -0.25) is 0 Å². The highest BCUT2D eigenvalue weighted by atomic mass is 16.3. The topological polar surface area (TPSA) is 60.7 Å². The number of aliphatic hydroxyl groups is 1. The van der Waals surface area contributed by atoms with Crippen molar-refractivity contribution in [3.8, 4) is 11.5 Å². The Morgan fingerprint density at radius 1 is 0.704 bits per heavy atom. The van der Waals surface area contributed by atoms with E-state index in [0.29, 0.717) is 0 Å². The molecule has 0 unspecified atom stereocenters. The third-order valence-electron chi connectivity index (χ3n) is 4.27. The summed E-state index contributed by atoms with van der Waals surface area (Å²) in [6.07, 6.45) is 1.85. The molecule has 2 rings (SSSR count). The highest BCUT2D eigenvalue weighted by molar-refractivity contribution is 5.90. The molecule has 0 saturated carbocycles. The predicted molar refractivity (Wildman–Crippen MR) is 114 cm³/mol. The summed E-state index contributed by atoms with van der Waals surface area (Å²) in [5.74, 6) is 0.568. The molecule has 0 heterocycles. The van der Waals surface area contributed by atoms with Gasteiger partial charge >= 0.3 is 0 Å². The maximum atomic E-state index is 9.41. The highest BCUT2D eigenvalue weighted by Crippen LogP contribution is 2.32. The van der Waals surface area contributed by atoms with Gasteiger partial charge in [0.15, 0.2) is 0 Å². The molecule has 0 fully saturated rings. The van der Waals surface area contributed by atoms with E-state index in [2.05, 4.69) is 35.0 Å². The quantitative estimate of drug-likeness (QED) is 0.516. The third kappa shape index (κ3) is 7.85. The number of likely N-dealkylation sites (N-methyl/N-ethyl adjacent to an activating group) is 1. The number of phenols is 2. The summed E-state index contributed by atoms with van der Waals surface area (Å²) < 4.78 is 0.844. The summed E-state index contributed by atoms with van der Waals surface area (Å²) in [5, 5.41) is 27.2. The fraction of sp³-hybridized carbons (Fsp3) is 0.391. The lowest BCUT2D eigenvalue weighted by atomic mass is 9.91. The van der Waals surface area contributed by atoms with Gasteiger partial charge in [0.1, 0.15) is 18.0 Å². The van der Waals surface area contributed by atoms with E-state index < -0.39 is 0 Å². The Kier molecular flexibility index (Phi) is 9.06. The van der Waals surface area contributed by atoms with Crippen molar-refractivity contribution in [2.24, 2.45) is 0 Å². The van der Waals surface area contributed by atoms with Crippen molar-refractivity contribution in [1.29, 1.82) is 0 Å². The molecule has 0 aliphatic heterocycles. The minimum atomic E-state index is 0.281. The van der Waals surface area contributed by atoms with E-state index in [1.54, 1.807) is 24.3 Å². The monoisotopic (exact) mass is 372 g/mol. The van der Waals surface area contributed by atoms with Crippen LogP contribution in [0.3, 0.4) is 0 Å². The van der Waals surface area contributed by atoms with Gasteiger partial charge in [0.2, 0.25) is 0 Å². The second-order valence-electron chi connectivity index (χ2n) is 7.50. The molecule has 0 radical (unpaired) electrons. The van der Waals surface area contributed by atoms with Gasteiger partial charge in [0, 0.05) is 0 Å². The Balaban J connectivity index is 0.000000445. The zero-order chi connectivity index (χ0) is 20.4. The molecule has 0 spiro atoms. The summed E-state index contributed by atoms with van der Waals surface area (Å²) >= 11 is 0. The lowest BCUT2D eigenvalue weighted by Crippen LogP contribution is -2.36. The Labute approximate surface area is 163 Å². The Hall–Kier alpha value is -2.30. The molecule has 3 N–H and O–H groups in total.